The third-order valence-electron chi connectivity index (χ3n) is 4.75. The fourth-order valence-corrected chi connectivity index (χ4v) is 2.90. The summed E-state index contributed by atoms with van der Waals surface area (Å²) in [5, 5.41) is 25.9. The highest BCUT2D eigenvalue weighted by atomic mass is 16.4. The molecular weight excluding hydrogens is 452 g/mol. The molecule has 190 valence electrons. The first-order chi connectivity index (χ1) is 16.1. The highest BCUT2D eigenvalue weighted by Crippen LogP contribution is 2.05. The molecule has 0 aromatic carbocycles. The summed E-state index contributed by atoms with van der Waals surface area (Å²) in [6.07, 6.45) is 3.34. The average molecular weight is 485 g/mol. The number of aliphatic carboxylic acids is 1. The molecule has 4 atom stereocenters. The number of primary amides is 1. The van der Waals surface area contributed by atoms with Gasteiger partial charge in [0, 0.05) is 18.3 Å². The number of hydrogen-bond acceptors (Lipinski definition) is 9. The number of nitrogens with two attached hydrogens (primary N) is 3. The van der Waals surface area contributed by atoms with E-state index in [0.717, 1.165) is 0 Å². The number of aliphatic hydroxyl groups is 1. The first kappa shape index (κ1) is 28.5. The maximum atomic E-state index is 12.8. The number of amides is 4. The van der Waals surface area contributed by atoms with E-state index < -0.39 is 66.8 Å². The Morgan fingerprint density at radius 2 is 1.62 bits per heavy atom. The van der Waals surface area contributed by atoms with Gasteiger partial charge in [0.1, 0.15) is 18.1 Å². The molecule has 12 N–H and O–H groups in total. The number of imidazole rings is 1. The fourth-order valence-electron chi connectivity index (χ4n) is 2.90. The van der Waals surface area contributed by atoms with E-state index in [-0.39, 0.29) is 12.8 Å². The normalized spacial score (nSPS) is 14.3. The van der Waals surface area contributed by atoms with Crippen molar-refractivity contribution < 1.29 is 34.2 Å². The number of nitrogens with one attached hydrogen (secondary N) is 4. The molecule has 0 bridgehead atoms. The van der Waals surface area contributed by atoms with Crippen molar-refractivity contribution in [1.29, 1.82) is 0 Å². The van der Waals surface area contributed by atoms with Crippen LogP contribution < -0.4 is 33.2 Å². The van der Waals surface area contributed by atoms with Crippen molar-refractivity contribution in [3.8, 4) is 0 Å². The van der Waals surface area contributed by atoms with Crippen LogP contribution in [0.4, 0.5) is 0 Å². The number of aromatic amines is 1. The topological polar surface area (TPSA) is 269 Å². The van der Waals surface area contributed by atoms with Gasteiger partial charge in [0.15, 0.2) is 0 Å². The average Bonchev–Trinajstić information content (AvgIpc) is 3.28. The molecule has 4 unspecified atom stereocenters. The largest absolute Gasteiger partial charge is 0.480 e. The van der Waals surface area contributed by atoms with E-state index in [1.54, 1.807) is 0 Å². The first-order valence-electron chi connectivity index (χ1n) is 10.5. The summed E-state index contributed by atoms with van der Waals surface area (Å²) in [4.78, 5) is 66.6. The number of unbranched alkanes of at least 4 members (excludes halogenated alkanes) is 1. The van der Waals surface area contributed by atoms with Crippen molar-refractivity contribution in [2.45, 2.75) is 56.3 Å². The molecule has 15 heteroatoms. The zero-order valence-electron chi connectivity index (χ0n) is 18.5. The summed E-state index contributed by atoms with van der Waals surface area (Å²) < 4.78 is 0. The van der Waals surface area contributed by atoms with Gasteiger partial charge in [0.05, 0.1) is 25.4 Å². The Hall–Kier alpha value is -3.56. The van der Waals surface area contributed by atoms with E-state index in [9.17, 15) is 34.2 Å². The van der Waals surface area contributed by atoms with Crippen LogP contribution in [0.15, 0.2) is 12.5 Å². The Bertz CT molecular complexity index is 833. The Labute approximate surface area is 195 Å². The third kappa shape index (κ3) is 9.93. The number of H-pyrrole nitrogens is 1. The molecular formula is C19H32N8O7. The minimum absolute atomic E-state index is 0.0718. The second-order valence-corrected chi connectivity index (χ2v) is 7.55. The number of aliphatic hydroxyl groups excluding tert-OH is 1. The van der Waals surface area contributed by atoms with Gasteiger partial charge in [0.2, 0.25) is 23.6 Å². The molecule has 0 saturated heterocycles. The highest BCUT2D eigenvalue weighted by molar-refractivity contribution is 5.95. The molecule has 0 aliphatic heterocycles. The lowest BCUT2D eigenvalue weighted by Gasteiger charge is -2.24. The maximum absolute atomic E-state index is 12.8. The number of aromatic nitrogens is 2. The first-order valence-corrected chi connectivity index (χ1v) is 10.5. The van der Waals surface area contributed by atoms with Crippen molar-refractivity contribution >= 4 is 29.6 Å². The van der Waals surface area contributed by atoms with Gasteiger partial charge in [-0.25, -0.2) is 9.78 Å². The molecule has 0 aliphatic rings. The molecule has 0 radical (unpaired) electrons. The van der Waals surface area contributed by atoms with Crippen molar-refractivity contribution in [3.05, 3.63) is 18.2 Å². The van der Waals surface area contributed by atoms with E-state index in [1.807, 2.05) is 0 Å². The number of nitrogens with zero attached hydrogens (tertiary/aromatic N) is 1. The molecule has 0 saturated carbocycles. The van der Waals surface area contributed by atoms with Crippen LogP contribution in [-0.2, 0) is 30.4 Å². The van der Waals surface area contributed by atoms with E-state index in [4.69, 9.17) is 17.2 Å². The number of carboxylic acid groups (broad SMARTS) is 1. The van der Waals surface area contributed by atoms with Crippen LogP contribution in [0.5, 0.6) is 0 Å². The van der Waals surface area contributed by atoms with Crippen molar-refractivity contribution in [3.63, 3.8) is 0 Å². The number of rotatable bonds is 16. The second kappa shape index (κ2) is 14.6. The SMILES string of the molecule is NCCCCC(NC(=O)C(CO)NC(=O)C(N)CC(N)=O)C(=O)NC(Cc1cnc[nH]1)C(=O)O. The zero-order valence-corrected chi connectivity index (χ0v) is 18.5. The molecule has 34 heavy (non-hydrogen) atoms. The molecule has 0 spiro atoms. The van der Waals surface area contributed by atoms with E-state index >= 15 is 0 Å². The van der Waals surface area contributed by atoms with E-state index in [0.29, 0.717) is 25.1 Å². The van der Waals surface area contributed by atoms with Crippen molar-refractivity contribution in [2.75, 3.05) is 13.2 Å². The lowest BCUT2D eigenvalue weighted by atomic mass is 10.1. The Morgan fingerprint density at radius 3 is 2.15 bits per heavy atom. The molecule has 1 rings (SSSR count). The lowest BCUT2D eigenvalue weighted by Crippen LogP contribution is -2.58. The molecule has 0 fully saturated rings. The maximum Gasteiger partial charge on any atom is 0.326 e. The smallest absolute Gasteiger partial charge is 0.326 e. The Balaban J connectivity index is 2.87. The summed E-state index contributed by atoms with van der Waals surface area (Å²) in [6, 6.07) is -5.28. The van der Waals surface area contributed by atoms with Gasteiger partial charge in [-0.2, -0.15) is 0 Å². The van der Waals surface area contributed by atoms with Crippen LogP contribution in [-0.4, -0.2) is 87.1 Å². The summed E-state index contributed by atoms with van der Waals surface area (Å²) in [5.41, 5.74) is 16.5. The minimum atomic E-state index is -1.48. The minimum Gasteiger partial charge on any atom is -0.480 e. The van der Waals surface area contributed by atoms with Gasteiger partial charge in [0.25, 0.3) is 0 Å². The Kier molecular flexibility index (Phi) is 12.2. The number of hydrogen-bond donors (Lipinski definition) is 9. The molecule has 1 aromatic heterocycles. The molecule has 15 nitrogen and oxygen atoms in total. The zero-order chi connectivity index (χ0) is 25.7. The van der Waals surface area contributed by atoms with Crippen molar-refractivity contribution in [2.24, 2.45) is 17.2 Å². The molecule has 1 heterocycles. The van der Waals surface area contributed by atoms with Gasteiger partial charge in [-0.3, -0.25) is 19.2 Å². The monoisotopic (exact) mass is 484 g/mol. The standard InChI is InChI=1S/C19H32N8O7/c20-4-2-1-3-12(17(31)26-13(19(33)34)5-10-7-23-9-24-10)25-18(32)14(8-28)27-16(30)11(21)6-15(22)29/h7,9,11-14,28H,1-6,8,20-21H2,(H2,22,29)(H,23,24)(H,25,32)(H,26,31)(H,27,30)(H,33,34). The summed E-state index contributed by atoms with van der Waals surface area (Å²) in [6.45, 7) is -0.484. The van der Waals surface area contributed by atoms with Crippen LogP contribution in [0.1, 0.15) is 31.4 Å². The number of carbonyl (C=O) groups is 5. The summed E-state index contributed by atoms with van der Waals surface area (Å²) in [5.74, 6) is -4.70. The van der Waals surface area contributed by atoms with Crippen LogP contribution in [0.2, 0.25) is 0 Å². The van der Waals surface area contributed by atoms with Crippen LogP contribution in [0, 0.1) is 0 Å². The van der Waals surface area contributed by atoms with E-state index in [1.165, 1.54) is 12.5 Å². The number of carboxylic acids is 1. The quantitative estimate of drug-likeness (QED) is 0.102. The summed E-state index contributed by atoms with van der Waals surface area (Å²) in [7, 11) is 0. The number of carbonyl (C=O) groups excluding carboxylic acids is 4. The van der Waals surface area contributed by atoms with Gasteiger partial charge in [-0.05, 0) is 25.8 Å². The molecule has 4 amide bonds. The molecule has 0 aliphatic carbocycles. The van der Waals surface area contributed by atoms with Crippen LogP contribution in [0.3, 0.4) is 0 Å². The molecule has 1 aromatic rings. The van der Waals surface area contributed by atoms with E-state index in [2.05, 4.69) is 25.9 Å². The Morgan fingerprint density at radius 1 is 1.00 bits per heavy atom. The van der Waals surface area contributed by atoms with Gasteiger partial charge >= 0.3 is 5.97 Å². The van der Waals surface area contributed by atoms with Crippen LogP contribution in [0.25, 0.3) is 0 Å². The predicted molar refractivity (Wildman–Crippen MR) is 117 cm³/mol. The highest BCUT2D eigenvalue weighted by Gasteiger charge is 2.30. The predicted octanol–water partition coefficient (Wildman–Crippen LogP) is -4.18. The third-order valence-corrected chi connectivity index (χ3v) is 4.75. The van der Waals surface area contributed by atoms with Crippen molar-refractivity contribution in [1.82, 2.24) is 25.9 Å². The fraction of sp³-hybridized carbons (Fsp3) is 0.579. The second-order valence-electron chi connectivity index (χ2n) is 7.55. The lowest BCUT2D eigenvalue weighted by molar-refractivity contribution is -0.142. The van der Waals surface area contributed by atoms with Gasteiger partial charge in [-0.15, -0.1) is 0 Å². The summed E-state index contributed by atoms with van der Waals surface area (Å²) >= 11 is 0. The van der Waals surface area contributed by atoms with Crippen LogP contribution >= 0.6 is 0 Å². The van der Waals surface area contributed by atoms with Gasteiger partial charge in [-0.1, -0.05) is 0 Å². The van der Waals surface area contributed by atoms with Gasteiger partial charge < -0.3 is 48.3 Å².